The van der Waals surface area contributed by atoms with Crippen molar-refractivity contribution in [1.29, 1.82) is 0 Å². The van der Waals surface area contributed by atoms with Crippen LogP contribution in [-0.4, -0.2) is 40.2 Å². The Hall–Kier alpha value is -1.46. The molecule has 0 saturated carbocycles. The second kappa shape index (κ2) is 6.81. The molecule has 0 amide bonds. The molecular formula is C15H22N2O3. The standard InChI is InChI=1S/C15H22N2O3/c1-12(18)11-14-6-4-9-16(14)10-8-13-5-2-3-7-15(13)17(19)20/h2-3,5,7,12,14,18H,4,6,8-11H2,1H3. The molecule has 2 unspecified atom stereocenters. The van der Waals surface area contributed by atoms with E-state index in [1.165, 1.54) is 0 Å². The molecule has 1 heterocycles. The summed E-state index contributed by atoms with van der Waals surface area (Å²) in [6.45, 7) is 3.67. The predicted octanol–water partition coefficient (Wildman–Crippen LogP) is 2.37. The lowest BCUT2D eigenvalue weighted by atomic mass is 10.1. The molecule has 1 saturated heterocycles. The van der Waals surface area contributed by atoms with Crippen molar-refractivity contribution in [3.05, 3.63) is 39.9 Å². The lowest BCUT2D eigenvalue weighted by Gasteiger charge is -2.25. The Labute approximate surface area is 119 Å². The summed E-state index contributed by atoms with van der Waals surface area (Å²) in [6.07, 6.45) is 3.45. The quantitative estimate of drug-likeness (QED) is 0.641. The Kier molecular flexibility index (Phi) is 5.09. The van der Waals surface area contributed by atoms with Crippen molar-refractivity contribution in [2.24, 2.45) is 0 Å². The van der Waals surface area contributed by atoms with Gasteiger partial charge in [-0.15, -0.1) is 0 Å². The number of rotatable bonds is 6. The topological polar surface area (TPSA) is 66.6 Å². The van der Waals surface area contributed by atoms with Crippen LogP contribution in [0.2, 0.25) is 0 Å². The number of hydrogen-bond donors (Lipinski definition) is 1. The van der Waals surface area contributed by atoms with E-state index in [-0.39, 0.29) is 16.7 Å². The molecule has 0 radical (unpaired) electrons. The lowest BCUT2D eigenvalue weighted by molar-refractivity contribution is -0.385. The summed E-state index contributed by atoms with van der Waals surface area (Å²) in [5.41, 5.74) is 0.999. The number of aliphatic hydroxyl groups is 1. The van der Waals surface area contributed by atoms with Gasteiger partial charge in [0, 0.05) is 24.2 Å². The first-order chi connectivity index (χ1) is 9.58. The van der Waals surface area contributed by atoms with Crippen molar-refractivity contribution in [3.8, 4) is 0 Å². The predicted molar refractivity (Wildman–Crippen MR) is 77.7 cm³/mol. The van der Waals surface area contributed by atoms with Gasteiger partial charge >= 0.3 is 0 Å². The van der Waals surface area contributed by atoms with Crippen LogP contribution in [0.1, 0.15) is 31.7 Å². The second-order valence-corrected chi connectivity index (χ2v) is 5.55. The van der Waals surface area contributed by atoms with E-state index in [0.29, 0.717) is 12.5 Å². The summed E-state index contributed by atoms with van der Waals surface area (Å²) < 4.78 is 0. The fraction of sp³-hybridized carbons (Fsp3) is 0.600. The number of benzene rings is 1. The van der Waals surface area contributed by atoms with Gasteiger partial charge in [-0.05, 0) is 39.2 Å². The molecule has 0 spiro atoms. The molecule has 0 aromatic heterocycles. The average molecular weight is 278 g/mol. The molecule has 1 N–H and O–H groups in total. The van der Waals surface area contributed by atoms with Crippen molar-refractivity contribution in [3.63, 3.8) is 0 Å². The molecule has 20 heavy (non-hydrogen) atoms. The van der Waals surface area contributed by atoms with Gasteiger partial charge in [0.05, 0.1) is 11.0 Å². The highest BCUT2D eigenvalue weighted by Crippen LogP contribution is 2.23. The first-order valence-corrected chi connectivity index (χ1v) is 7.22. The number of hydrogen-bond acceptors (Lipinski definition) is 4. The zero-order chi connectivity index (χ0) is 14.5. The molecule has 110 valence electrons. The fourth-order valence-corrected chi connectivity index (χ4v) is 3.01. The highest BCUT2D eigenvalue weighted by atomic mass is 16.6. The van der Waals surface area contributed by atoms with Crippen molar-refractivity contribution < 1.29 is 10.0 Å². The molecular weight excluding hydrogens is 256 g/mol. The number of nitro groups is 1. The van der Waals surface area contributed by atoms with Gasteiger partial charge in [-0.2, -0.15) is 0 Å². The summed E-state index contributed by atoms with van der Waals surface area (Å²) in [7, 11) is 0. The second-order valence-electron chi connectivity index (χ2n) is 5.55. The molecule has 1 aromatic carbocycles. The Bertz CT molecular complexity index is 462. The van der Waals surface area contributed by atoms with Crippen molar-refractivity contribution in [1.82, 2.24) is 4.90 Å². The number of para-hydroxylation sites is 1. The SMILES string of the molecule is CC(O)CC1CCCN1CCc1ccccc1[N+](=O)[O-]. The van der Waals surface area contributed by atoms with Gasteiger partial charge in [-0.3, -0.25) is 15.0 Å². The summed E-state index contributed by atoms with van der Waals surface area (Å²) in [4.78, 5) is 13.0. The third kappa shape index (κ3) is 3.77. The maximum Gasteiger partial charge on any atom is 0.272 e. The highest BCUT2D eigenvalue weighted by Gasteiger charge is 2.25. The maximum atomic E-state index is 11.0. The highest BCUT2D eigenvalue weighted by molar-refractivity contribution is 5.39. The van der Waals surface area contributed by atoms with E-state index in [1.54, 1.807) is 12.1 Å². The number of nitro benzene ring substituents is 1. The van der Waals surface area contributed by atoms with Gasteiger partial charge in [-0.1, -0.05) is 18.2 Å². The van der Waals surface area contributed by atoms with Crippen molar-refractivity contribution >= 4 is 5.69 Å². The number of aliphatic hydroxyl groups excluding tert-OH is 1. The van der Waals surface area contributed by atoms with Gasteiger partial charge in [0.25, 0.3) is 5.69 Å². The summed E-state index contributed by atoms with van der Waals surface area (Å²) >= 11 is 0. The Morgan fingerprint density at radius 3 is 2.95 bits per heavy atom. The first kappa shape index (κ1) is 14.9. The zero-order valence-corrected chi connectivity index (χ0v) is 11.9. The van der Waals surface area contributed by atoms with E-state index >= 15 is 0 Å². The Balaban J connectivity index is 1.96. The van der Waals surface area contributed by atoms with Gasteiger partial charge in [0.1, 0.15) is 0 Å². The molecule has 2 atom stereocenters. The Morgan fingerprint density at radius 1 is 1.50 bits per heavy atom. The van der Waals surface area contributed by atoms with Gasteiger partial charge in [0.15, 0.2) is 0 Å². The van der Waals surface area contributed by atoms with Gasteiger partial charge in [-0.25, -0.2) is 0 Å². The maximum absolute atomic E-state index is 11.0. The molecule has 1 aliphatic rings. The van der Waals surface area contributed by atoms with E-state index in [9.17, 15) is 15.2 Å². The Morgan fingerprint density at radius 2 is 2.25 bits per heavy atom. The van der Waals surface area contributed by atoms with Crippen LogP contribution in [0.25, 0.3) is 0 Å². The van der Waals surface area contributed by atoms with Gasteiger partial charge < -0.3 is 5.11 Å². The largest absolute Gasteiger partial charge is 0.393 e. The minimum absolute atomic E-state index is 0.207. The first-order valence-electron chi connectivity index (χ1n) is 7.22. The van der Waals surface area contributed by atoms with E-state index in [4.69, 9.17) is 0 Å². The minimum Gasteiger partial charge on any atom is -0.393 e. The summed E-state index contributed by atoms with van der Waals surface area (Å²) in [5, 5.41) is 20.5. The van der Waals surface area contributed by atoms with E-state index in [2.05, 4.69) is 4.90 Å². The van der Waals surface area contributed by atoms with Crippen LogP contribution in [0.5, 0.6) is 0 Å². The third-order valence-electron chi connectivity index (χ3n) is 3.97. The normalized spacial score (nSPS) is 21.0. The fourth-order valence-electron chi connectivity index (χ4n) is 3.01. The smallest absolute Gasteiger partial charge is 0.272 e. The summed E-state index contributed by atoms with van der Waals surface area (Å²) in [6, 6.07) is 7.36. The van der Waals surface area contributed by atoms with Crippen LogP contribution < -0.4 is 0 Å². The molecule has 5 heteroatoms. The van der Waals surface area contributed by atoms with Crippen LogP contribution in [0.4, 0.5) is 5.69 Å². The third-order valence-corrected chi connectivity index (χ3v) is 3.97. The van der Waals surface area contributed by atoms with E-state index in [0.717, 1.165) is 37.9 Å². The molecule has 0 bridgehead atoms. The molecule has 1 aliphatic heterocycles. The van der Waals surface area contributed by atoms with Crippen LogP contribution in [0.3, 0.4) is 0 Å². The van der Waals surface area contributed by atoms with Crippen LogP contribution >= 0.6 is 0 Å². The van der Waals surface area contributed by atoms with Crippen LogP contribution in [-0.2, 0) is 6.42 Å². The van der Waals surface area contributed by atoms with E-state index < -0.39 is 0 Å². The lowest BCUT2D eigenvalue weighted by Crippen LogP contribution is -2.33. The zero-order valence-electron chi connectivity index (χ0n) is 11.9. The minimum atomic E-state index is -0.313. The number of nitrogens with zero attached hydrogens (tertiary/aromatic N) is 2. The van der Waals surface area contributed by atoms with Crippen LogP contribution in [0.15, 0.2) is 24.3 Å². The van der Waals surface area contributed by atoms with Crippen molar-refractivity contribution in [2.75, 3.05) is 13.1 Å². The molecule has 0 aliphatic carbocycles. The monoisotopic (exact) mass is 278 g/mol. The van der Waals surface area contributed by atoms with E-state index in [1.807, 2.05) is 19.1 Å². The van der Waals surface area contributed by atoms with Crippen molar-refractivity contribution in [2.45, 2.75) is 44.8 Å². The molecule has 2 rings (SSSR count). The molecule has 5 nitrogen and oxygen atoms in total. The molecule has 1 aromatic rings. The van der Waals surface area contributed by atoms with Gasteiger partial charge in [0.2, 0.25) is 0 Å². The van der Waals surface area contributed by atoms with Crippen LogP contribution in [0, 0.1) is 10.1 Å². The molecule has 1 fully saturated rings. The summed E-state index contributed by atoms with van der Waals surface area (Å²) in [5.74, 6) is 0. The number of likely N-dealkylation sites (tertiary alicyclic amines) is 1. The average Bonchev–Trinajstić information content (AvgIpc) is 2.83.